The Morgan fingerprint density at radius 1 is 1.00 bits per heavy atom. The third-order valence-electron chi connectivity index (χ3n) is 2.49. The molecule has 2 aromatic rings. The van der Waals surface area contributed by atoms with Crippen LogP contribution < -0.4 is 0 Å². The van der Waals surface area contributed by atoms with Gasteiger partial charge in [-0.15, -0.1) is 0 Å². The fourth-order valence-corrected chi connectivity index (χ4v) is 1.66. The van der Waals surface area contributed by atoms with Crippen LogP contribution in [0.4, 0.5) is 0 Å². The third kappa shape index (κ3) is 5.31. The first kappa shape index (κ1) is 16.6. The first-order valence-corrected chi connectivity index (χ1v) is 7.24. The van der Waals surface area contributed by atoms with Crippen molar-refractivity contribution in [3.05, 3.63) is 42.1 Å². The second-order valence-corrected chi connectivity index (χ2v) is 3.63. The van der Waals surface area contributed by atoms with Crippen molar-refractivity contribution in [1.82, 2.24) is 4.98 Å². The van der Waals surface area contributed by atoms with Gasteiger partial charge in [0.2, 0.25) is 0 Å². The molecule has 0 aliphatic carbocycles. The van der Waals surface area contributed by atoms with E-state index in [4.69, 9.17) is 0 Å². The summed E-state index contributed by atoms with van der Waals surface area (Å²) < 4.78 is 0. The van der Waals surface area contributed by atoms with Crippen molar-refractivity contribution in [3.63, 3.8) is 0 Å². The minimum Gasteiger partial charge on any atom is -0.256 e. The maximum atomic E-state index is 4.30. The lowest BCUT2D eigenvalue weighted by molar-refractivity contribution is 0.796. The molecular weight excluding hydrogens is 218 g/mol. The Balaban J connectivity index is 0.000000659. The van der Waals surface area contributed by atoms with Crippen LogP contribution in [0.2, 0.25) is 0 Å². The van der Waals surface area contributed by atoms with E-state index >= 15 is 0 Å². The van der Waals surface area contributed by atoms with E-state index in [1.165, 1.54) is 30.2 Å². The average molecular weight is 245 g/mol. The number of aryl methyl sites for hydroxylation is 1. The lowest BCUT2D eigenvalue weighted by atomic mass is 10.1. The van der Waals surface area contributed by atoms with Gasteiger partial charge in [-0.1, -0.05) is 53.2 Å². The molecular formula is C17H27N. The highest BCUT2D eigenvalue weighted by atomic mass is 14.6. The third-order valence-corrected chi connectivity index (χ3v) is 2.49. The molecule has 0 spiro atoms. The molecule has 0 atom stereocenters. The number of unbranched alkanes of at least 4 members (excludes halogenated alkanes) is 1. The van der Waals surface area contributed by atoms with Crippen LogP contribution in [0.3, 0.4) is 0 Å². The highest BCUT2D eigenvalue weighted by molar-refractivity contribution is 5.78. The van der Waals surface area contributed by atoms with Gasteiger partial charge in [-0.2, -0.15) is 0 Å². The predicted molar refractivity (Wildman–Crippen MR) is 83.1 cm³/mol. The maximum absolute atomic E-state index is 4.30. The Hall–Kier alpha value is -1.37. The molecule has 0 unspecified atom stereocenters. The summed E-state index contributed by atoms with van der Waals surface area (Å²) in [6.07, 6.45) is 5.55. The molecule has 18 heavy (non-hydrogen) atoms. The van der Waals surface area contributed by atoms with Gasteiger partial charge >= 0.3 is 0 Å². The largest absolute Gasteiger partial charge is 0.256 e. The van der Waals surface area contributed by atoms with E-state index in [9.17, 15) is 0 Å². The Labute approximate surface area is 112 Å². The molecule has 0 aliphatic rings. The number of benzene rings is 1. The predicted octanol–water partition coefficient (Wildman–Crippen LogP) is 5.63. The van der Waals surface area contributed by atoms with Crippen molar-refractivity contribution in [3.8, 4) is 0 Å². The molecule has 0 radical (unpaired) electrons. The van der Waals surface area contributed by atoms with Gasteiger partial charge in [0.15, 0.2) is 0 Å². The molecule has 100 valence electrons. The van der Waals surface area contributed by atoms with Crippen molar-refractivity contribution in [2.45, 2.75) is 53.9 Å². The van der Waals surface area contributed by atoms with Crippen molar-refractivity contribution < 1.29 is 0 Å². The molecule has 1 heterocycles. The maximum Gasteiger partial charge on any atom is 0.0702 e. The number of hydrogen-bond donors (Lipinski definition) is 0. The fraction of sp³-hybridized carbons (Fsp3) is 0.471. The van der Waals surface area contributed by atoms with Crippen LogP contribution in [-0.2, 0) is 6.42 Å². The molecule has 0 amide bonds. The van der Waals surface area contributed by atoms with Gasteiger partial charge in [-0.05, 0) is 36.6 Å². The quantitative estimate of drug-likeness (QED) is 0.683. The SMILES string of the molecule is CC.CC.CCCCc1ccc2ncccc2c1. The van der Waals surface area contributed by atoms with Crippen LogP contribution in [0.25, 0.3) is 10.9 Å². The van der Waals surface area contributed by atoms with Gasteiger partial charge < -0.3 is 0 Å². The van der Waals surface area contributed by atoms with Gasteiger partial charge in [0.1, 0.15) is 0 Å². The minimum absolute atomic E-state index is 1.09. The molecule has 0 fully saturated rings. The van der Waals surface area contributed by atoms with E-state index in [1.807, 2.05) is 40.0 Å². The lowest BCUT2D eigenvalue weighted by Crippen LogP contribution is -1.85. The summed E-state index contributed by atoms with van der Waals surface area (Å²) in [7, 11) is 0. The summed E-state index contributed by atoms with van der Waals surface area (Å²) in [5.41, 5.74) is 2.51. The van der Waals surface area contributed by atoms with E-state index < -0.39 is 0 Å². The second kappa shape index (κ2) is 10.8. The first-order chi connectivity index (χ1) is 8.90. The monoisotopic (exact) mass is 245 g/mol. The molecule has 1 aromatic carbocycles. The Morgan fingerprint density at radius 3 is 2.39 bits per heavy atom. The normalized spacial score (nSPS) is 8.94. The molecule has 0 bridgehead atoms. The molecule has 0 aliphatic heterocycles. The van der Waals surface area contributed by atoms with Crippen molar-refractivity contribution in [2.75, 3.05) is 0 Å². The van der Waals surface area contributed by atoms with E-state index in [1.54, 1.807) is 0 Å². The van der Waals surface area contributed by atoms with Gasteiger partial charge in [-0.25, -0.2) is 0 Å². The van der Waals surface area contributed by atoms with Crippen LogP contribution in [-0.4, -0.2) is 4.98 Å². The summed E-state index contributed by atoms with van der Waals surface area (Å²) in [5, 5.41) is 1.25. The average Bonchev–Trinajstić information content (AvgIpc) is 2.49. The lowest BCUT2D eigenvalue weighted by Gasteiger charge is -2.01. The first-order valence-electron chi connectivity index (χ1n) is 7.24. The van der Waals surface area contributed by atoms with E-state index in [2.05, 4.69) is 36.2 Å². The highest BCUT2D eigenvalue weighted by Gasteiger charge is 1.96. The molecule has 0 N–H and O–H groups in total. The number of pyridine rings is 1. The van der Waals surface area contributed by atoms with Crippen molar-refractivity contribution in [2.24, 2.45) is 0 Å². The van der Waals surface area contributed by atoms with Gasteiger partial charge in [0.05, 0.1) is 5.52 Å². The summed E-state index contributed by atoms with van der Waals surface area (Å²) in [4.78, 5) is 4.30. The van der Waals surface area contributed by atoms with Gasteiger partial charge in [-0.3, -0.25) is 4.98 Å². The molecule has 0 saturated heterocycles. The van der Waals surface area contributed by atoms with Crippen LogP contribution in [0, 0.1) is 0 Å². The molecule has 1 heteroatoms. The van der Waals surface area contributed by atoms with Crippen molar-refractivity contribution in [1.29, 1.82) is 0 Å². The number of nitrogens with zero attached hydrogens (tertiary/aromatic N) is 1. The standard InChI is InChI=1S/C13H15N.2C2H6/c1-2-3-5-11-7-8-13-12(10-11)6-4-9-14-13;2*1-2/h4,6-10H,2-3,5H2,1H3;2*1-2H3. The smallest absolute Gasteiger partial charge is 0.0702 e. The van der Waals surface area contributed by atoms with Crippen LogP contribution in [0.1, 0.15) is 53.0 Å². The zero-order valence-corrected chi connectivity index (χ0v) is 12.5. The zero-order valence-electron chi connectivity index (χ0n) is 12.5. The summed E-state index contributed by atoms with van der Waals surface area (Å²) in [6.45, 7) is 10.2. The summed E-state index contributed by atoms with van der Waals surface area (Å²) >= 11 is 0. The minimum atomic E-state index is 1.09. The van der Waals surface area contributed by atoms with E-state index in [-0.39, 0.29) is 0 Å². The Morgan fingerprint density at radius 2 is 1.72 bits per heavy atom. The summed E-state index contributed by atoms with van der Waals surface area (Å²) in [5.74, 6) is 0. The fourth-order valence-electron chi connectivity index (χ4n) is 1.66. The molecule has 1 aromatic heterocycles. The van der Waals surface area contributed by atoms with Gasteiger partial charge in [0, 0.05) is 11.6 Å². The van der Waals surface area contributed by atoms with Crippen LogP contribution in [0.5, 0.6) is 0 Å². The number of rotatable bonds is 3. The zero-order chi connectivity index (χ0) is 13.8. The molecule has 1 nitrogen and oxygen atoms in total. The molecule has 2 rings (SSSR count). The second-order valence-electron chi connectivity index (χ2n) is 3.63. The number of hydrogen-bond acceptors (Lipinski definition) is 1. The molecule has 0 saturated carbocycles. The number of fused-ring (bicyclic) bond motifs is 1. The van der Waals surface area contributed by atoms with Crippen LogP contribution >= 0.6 is 0 Å². The van der Waals surface area contributed by atoms with Crippen LogP contribution in [0.15, 0.2) is 36.5 Å². The van der Waals surface area contributed by atoms with Crippen molar-refractivity contribution >= 4 is 10.9 Å². The topological polar surface area (TPSA) is 12.9 Å². The Kier molecular flexibility index (Phi) is 9.94. The van der Waals surface area contributed by atoms with E-state index in [0.29, 0.717) is 0 Å². The Bertz CT molecular complexity index is 421. The highest BCUT2D eigenvalue weighted by Crippen LogP contribution is 2.14. The summed E-state index contributed by atoms with van der Waals surface area (Å²) in [6, 6.07) is 10.7. The number of aromatic nitrogens is 1. The van der Waals surface area contributed by atoms with E-state index in [0.717, 1.165) is 5.52 Å². The van der Waals surface area contributed by atoms with Gasteiger partial charge in [0.25, 0.3) is 0 Å².